The summed E-state index contributed by atoms with van der Waals surface area (Å²) in [5.41, 5.74) is 0.292. The molecule has 2 rings (SSSR count). The number of carbonyl (C=O) groups excluding carboxylic acids is 1. The van der Waals surface area contributed by atoms with Crippen LogP contribution in [0.3, 0.4) is 0 Å². The maximum Gasteiger partial charge on any atom is 0.251 e. The summed E-state index contributed by atoms with van der Waals surface area (Å²) >= 11 is 0. The Balaban J connectivity index is 2.00. The van der Waals surface area contributed by atoms with Gasteiger partial charge in [0.25, 0.3) is 5.91 Å². The molecule has 1 saturated carbocycles. The Bertz CT molecular complexity index is 728. The van der Waals surface area contributed by atoms with E-state index in [0.717, 1.165) is 18.9 Å². The van der Waals surface area contributed by atoms with Gasteiger partial charge in [-0.05, 0) is 43.4 Å². The van der Waals surface area contributed by atoms with Crippen LogP contribution in [0.4, 0.5) is 0 Å². The first kappa shape index (κ1) is 21.7. The Morgan fingerprint density at radius 2 is 1.96 bits per heavy atom. The van der Waals surface area contributed by atoms with Crippen LogP contribution in [0.1, 0.15) is 43.5 Å². The molecular formula is C19H30N2O5S. The molecule has 0 unspecified atom stereocenters. The van der Waals surface area contributed by atoms with Gasteiger partial charge in [-0.15, -0.1) is 0 Å². The van der Waals surface area contributed by atoms with E-state index >= 15 is 0 Å². The maximum atomic E-state index is 12.8. The molecule has 1 aliphatic carbocycles. The van der Waals surface area contributed by atoms with Crippen LogP contribution in [0, 0.1) is 5.92 Å². The third-order valence-corrected chi connectivity index (χ3v) is 6.62. The van der Waals surface area contributed by atoms with E-state index in [1.807, 2.05) is 0 Å². The van der Waals surface area contributed by atoms with Crippen molar-refractivity contribution in [2.24, 2.45) is 5.92 Å². The number of carbonyl (C=O) groups is 1. The third kappa shape index (κ3) is 5.92. The van der Waals surface area contributed by atoms with Crippen molar-refractivity contribution >= 4 is 15.9 Å². The number of nitrogens with zero attached hydrogens (tertiary/aromatic N) is 1. The van der Waals surface area contributed by atoms with Crippen LogP contribution in [0.2, 0.25) is 0 Å². The first-order chi connectivity index (χ1) is 12.9. The number of ether oxygens (including phenoxy) is 2. The molecule has 0 atom stereocenters. The van der Waals surface area contributed by atoms with Gasteiger partial charge in [-0.3, -0.25) is 4.79 Å². The topological polar surface area (TPSA) is 84.9 Å². The molecule has 0 radical (unpaired) electrons. The van der Waals surface area contributed by atoms with Crippen molar-refractivity contribution in [1.82, 2.24) is 9.62 Å². The van der Waals surface area contributed by atoms with E-state index in [4.69, 9.17) is 9.47 Å². The lowest BCUT2D eigenvalue weighted by Gasteiger charge is -2.20. The molecule has 0 heterocycles. The van der Waals surface area contributed by atoms with Crippen molar-refractivity contribution in [2.45, 2.75) is 38.0 Å². The van der Waals surface area contributed by atoms with Gasteiger partial charge in [0.15, 0.2) is 0 Å². The third-order valence-electron chi connectivity index (χ3n) is 4.55. The molecule has 1 fully saturated rings. The zero-order valence-electron chi connectivity index (χ0n) is 16.4. The van der Waals surface area contributed by atoms with Gasteiger partial charge in [0.2, 0.25) is 10.0 Å². The molecule has 1 aliphatic rings. The number of nitrogens with one attached hydrogen (secondary N) is 1. The van der Waals surface area contributed by atoms with Crippen LogP contribution in [-0.4, -0.2) is 58.6 Å². The largest absolute Gasteiger partial charge is 0.495 e. The standard InChI is InChI=1S/C19H30N2O5S/c1-4-21(5-2)27(23,24)18-13-16(9-10-17(18)25-3)19(22)20-11-6-12-26-14-15-7-8-15/h9-10,13,15H,4-8,11-12,14H2,1-3H3,(H,20,22). The highest BCUT2D eigenvalue weighted by molar-refractivity contribution is 7.89. The molecule has 0 aromatic heterocycles. The Labute approximate surface area is 162 Å². The number of rotatable bonds is 12. The highest BCUT2D eigenvalue weighted by atomic mass is 32.2. The Morgan fingerprint density at radius 3 is 2.56 bits per heavy atom. The van der Waals surface area contributed by atoms with Gasteiger partial charge in [-0.2, -0.15) is 4.31 Å². The van der Waals surface area contributed by atoms with Gasteiger partial charge < -0.3 is 14.8 Å². The van der Waals surface area contributed by atoms with E-state index in [0.29, 0.717) is 31.8 Å². The van der Waals surface area contributed by atoms with E-state index in [-0.39, 0.29) is 16.6 Å². The van der Waals surface area contributed by atoms with Crippen LogP contribution in [-0.2, 0) is 14.8 Å². The summed E-state index contributed by atoms with van der Waals surface area (Å²) in [4.78, 5) is 12.4. The summed E-state index contributed by atoms with van der Waals surface area (Å²) in [5.74, 6) is 0.646. The average molecular weight is 399 g/mol. The van der Waals surface area contributed by atoms with Gasteiger partial charge in [-0.25, -0.2) is 8.42 Å². The van der Waals surface area contributed by atoms with Crippen LogP contribution in [0.15, 0.2) is 23.1 Å². The molecule has 7 nitrogen and oxygen atoms in total. The Hall–Kier alpha value is -1.64. The fourth-order valence-electron chi connectivity index (χ4n) is 2.73. The number of benzene rings is 1. The lowest BCUT2D eigenvalue weighted by atomic mass is 10.2. The summed E-state index contributed by atoms with van der Waals surface area (Å²) in [6.07, 6.45) is 3.24. The minimum absolute atomic E-state index is 0.00844. The van der Waals surface area contributed by atoms with Crippen molar-refractivity contribution in [1.29, 1.82) is 0 Å². The summed E-state index contributed by atoms with van der Waals surface area (Å²) in [7, 11) is -2.31. The number of hydrogen-bond donors (Lipinski definition) is 1. The van der Waals surface area contributed by atoms with E-state index in [9.17, 15) is 13.2 Å². The SMILES string of the molecule is CCN(CC)S(=O)(=O)c1cc(C(=O)NCCCOCC2CC2)ccc1OC. The normalized spacial score (nSPS) is 14.4. The lowest BCUT2D eigenvalue weighted by molar-refractivity contribution is 0.0937. The Morgan fingerprint density at radius 1 is 1.26 bits per heavy atom. The van der Waals surface area contributed by atoms with Gasteiger partial charge in [0.1, 0.15) is 10.6 Å². The first-order valence-electron chi connectivity index (χ1n) is 9.48. The Kier molecular flexibility index (Phi) is 8.07. The van der Waals surface area contributed by atoms with E-state index in [1.54, 1.807) is 19.9 Å². The zero-order valence-corrected chi connectivity index (χ0v) is 17.2. The molecule has 0 saturated heterocycles. The predicted molar refractivity (Wildman–Crippen MR) is 104 cm³/mol. The molecule has 1 aromatic carbocycles. The fraction of sp³-hybridized carbons (Fsp3) is 0.632. The van der Waals surface area contributed by atoms with Crippen LogP contribution in [0.25, 0.3) is 0 Å². The highest BCUT2D eigenvalue weighted by Crippen LogP contribution is 2.29. The van der Waals surface area contributed by atoms with Crippen molar-refractivity contribution in [2.75, 3.05) is 40.0 Å². The average Bonchev–Trinajstić information content (AvgIpc) is 3.49. The van der Waals surface area contributed by atoms with Crippen molar-refractivity contribution in [3.05, 3.63) is 23.8 Å². The van der Waals surface area contributed by atoms with Crippen molar-refractivity contribution < 1.29 is 22.7 Å². The van der Waals surface area contributed by atoms with Gasteiger partial charge in [-0.1, -0.05) is 13.8 Å². The van der Waals surface area contributed by atoms with Gasteiger partial charge in [0.05, 0.1) is 7.11 Å². The van der Waals surface area contributed by atoms with Crippen molar-refractivity contribution in [3.8, 4) is 5.75 Å². The van der Waals surface area contributed by atoms with E-state index < -0.39 is 10.0 Å². The molecule has 27 heavy (non-hydrogen) atoms. The molecule has 1 N–H and O–H groups in total. The molecule has 0 spiro atoms. The second-order valence-electron chi connectivity index (χ2n) is 6.58. The monoisotopic (exact) mass is 398 g/mol. The first-order valence-corrected chi connectivity index (χ1v) is 10.9. The molecule has 1 amide bonds. The number of hydrogen-bond acceptors (Lipinski definition) is 5. The van der Waals surface area contributed by atoms with Crippen LogP contribution >= 0.6 is 0 Å². The van der Waals surface area contributed by atoms with E-state index in [2.05, 4.69) is 5.32 Å². The van der Waals surface area contributed by atoms with Gasteiger partial charge >= 0.3 is 0 Å². The molecule has 1 aromatic rings. The molecule has 0 aliphatic heterocycles. The minimum atomic E-state index is -3.73. The second-order valence-corrected chi connectivity index (χ2v) is 8.49. The number of amides is 1. The minimum Gasteiger partial charge on any atom is -0.495 e. The molecule has 8 heteroatoms. The summed E-state index contributed by atoms with van der Waals surface area (Å²) in [6.45, 7) is 6.14. The van der Waals surface area contributed by atoms with Crippen molar-refractivity contribution in [3.63, 3.8) is 0 Å². The van der Waals surface area contributed by atoms with E-state index in [1.165, 1.54) is 36.4 Å². The fourth-order valence-corrected chi connectivity index (χ4v) is 4.37. The number of methoxy groups -OCH3 is 1. The smallest absolute Gasteiger partial charge is 0.251 e. The zero-order chi connectivity index (χ0) is 19.9. The summed E-state index contributed by atoms with van der Waals surface area (Å²) < 4.78 is 37.8. The molecular weight excluding hydrogens is 368 g/mol. The predicted octanol–water partition coefficient (Wildman–Crippen LogP) is 2.27. The second kappa shape index (κ2) is 10.1. The molecule has 0 bridgehead atoms. The lowest BCUT2D eigenvalue weighted by Crippen LogP contribution is -2.31. The van der Waals surface area contributed by atoms with Crippen LogP contribution < -0.4 is 10.1 Å². The van der Waals surface area contributed by atoms with Gasteiger partial charge in [0, 0.05) is 38.4 Å². The summed E-state index contributed by atoms with van der Waals surface area (Å²) in [6, 6.07) is 4.47. The highest BCUT2D eigenvalue weighted by Gasteiger charge is 2.26. The summed E-state index contributed by atoms with van der Waals surface area (Å²) in [5, 5.41) is 2.81. The quantitative estimate of drug-likeness (QED) is 0.546. The maximum absolute atomic E-state index is 12.8. The van der Waals surface area contributed by atoms with Crippen LogP contribution in [0.5, 0.6) is 5.75 Å². The number of sulfonamides is 1. The molecule has 152 valence electrons.